The molecule has 0 bridgehead atoms. The van der Waals surface area contributed by atoms with Gasteiger partial charge in [0.1, 0.15) is 11.7 Å². The molecule has 2 atom stereocenters. The van der Waals surface area contributed by atoms with Crippen molar-refractivity contribution in [3.05, 3.63) is 65.6 Å². The standard InChI is InChI=1S/C23H20N6O4/c1-13(17-4-2-3-9-24-17)11-28-12-18(26-27-28)14-5-6-15-16(10-14)23(33)29(22(15)32)19-7-8-20(30)25-21(19)31/h2-6,9-10,12-13,19H,7-8,11H2,1H3,(H,25,30,31). The lowest BCUT2D eigenvalue weighted by atomic mass is 10.0. The molecule has 33 heavy (non-hydrogen) atoms. The number of carbonyl (C=O) groups excluding carboxylic acids is 4. The first kappa shape index (κ1) is 20.7. The summed E-state index contributed by atoms with van der Waals surface area (Å²) in [7, 11) is 0. The van der Waals surface area contributed by atoms with E-state index in [0.29, 0.717) is 17.8 Å². The number of nitrogens with zero attached hydrogens (tertiary/aromatic N) is 5. The molecule has 3 aromatic rings. The molecule has 4 heterocycles. The monoisotopic (exact) mass is 444 g/mol. The van der Waals surface area contributed by atoms with Crippen molar-refractivity contribution >= 4 is 23.6 Å². The number of imide groups is 2. The van der Waals surface area contributed by atoms with Crippen LogP contribution in [0.2, 0.25) is 0 Å². The molecule has 0 saturated carbocycles. The third-order valence-electron chi connectivity index (χ3n) is 5.93. The molecule has 2 aliphatic rings. The zero-order chi connectivity index (χ0) is 23.1. The molecular formula is C23H20N6O4. The Bertz CT molecular complexity index is 1290. The lowest BCUT2D eigenvalue weighted by Crippen LogP contribution is -2.54. The SMILES string of the molecule is CC(Cn1cc(-c2ccc3c(c2)C(=O)N(C2CCC(=O)NC2=O)C3=O)nn1)c1ccccn1. The van der Waals surface area contributed by atoms with Crippen LogP contribution in [-0.4, -0.2) is 54.5 Å². The summed E-state index contributed by atoms with van der Waals surface area (Å²) in [5.41, 5.74) is 2.58. The molecule has 2 unspecified atom stereocenters. The van der Waals surface area contributed by atoms with Crippen LogP contribution >= 0.6 is 0 Å². The van der Waals surface area contributed by atoms with Gasteiger partial charge in [0.15, 0.2) is 0 Å². The van der Waals surface area contributed by atoms with Crippen molar-refractivity contribution in [3.8, 4) is 11.3 Å². The van der Waals surface area contributed by atoms with E-state index in [1.54, 1.807) is 35.3 Å². The van der Waals surface area contributed by atoms with Gasteiger partial charge in [0, 0.05) is 29.8 Å². The second kappa shape index (κ2) is 8.05. The smallest absolute Gasteiger partial charge is 0.262 e. The quantitative estimate of drug-likeness (QED) is 0.592. The number of fused-ring (bicyclic) bond motifs is 1. The van der Waals surface area contributed by atoms with Crippen LogP contribution in [0, 0.1) is 0 Å². The molecule has 0 spiro atoms. The number of aromatic nitrogens is 4. The highest BCUT2D eigenvalue weighted by molar-refractivity contribution is 6.23. The number of nitrogens with one attached hydrogen (secondary N) is 1. The van der Waals surface area contributed by atoms with Crippen LogP contribution in [0.1, 0.15) is 52.1 Å². The van der Waals surface area contributed by atoms with Gasteiger partial charge in [-0.3, -0.25) is 39.1 Å². The number of piperidine rings is 1. The predicted molar refractivity (Wildman–Crippen MR) is 115 cm³/mol. The summed E-state index contributed by atoms with van der Waals surface area (Å²) < 4.78 is 1.71. The number of rotatable bonds is 5. The summed E-state index contributed by atoms with van der Waals surface area (Å²) in [5.74, 6) is -2.00. The van der Waals surface area contributed by atoms with Gasteiger partial charge in [-0.2, -0.15) is 0 Å². The second-order valence-electron chi connectivity index (χ2n) is 8.19. The van der Waals surface area contributed by atoms with Gasteiger partial charge >= 0.3 is 0 Å². The van der Waals surface area contributed by atoms with Crippen LogP contribution in [0.5, 0.6) is 0 Å². The molecule has 0 radical (unpaired) electrons. The molecule has 1 saturated heterocycles. The lowest BCUT2D eigenvalue weighted by Gasteiger charge is -2.27. The number of hydrogen-bond acceptors (Lipinski definition) is 7. The van der Waals surface area contributed by atoms with E-state index in [4.69, 9.17) is 0 Å². The molecule has 5 rings (SSSR count). The van der Waals surface area contributed by atoms with E-state index < -0.39 is 29.7 Å². The summed E-state index contributed by atoms with van der Waals surface area (Å²) in [6, 6.07) is 9.63. The Balaban J connectivity index is 1.37. The first-order valence-corrected chi connectivity index (χ1v) is 10.6. The Labute approximate surface area is 188 Å². The third-order valence-corrected chi connectivity index (χ3v) is 5.93. The Morgan fingerprint density at radius 2 is 1.91 bits per heavy atom. The Morgan fingerprint density at radius 3 is 2.67 bits per heavy atom. The number of hydrogen-bond donors (Lipinski definition) is 1. The lowest BCUT2D eigenvalue weighted by molar-refractivity contribution is -0.136. The van der Waals surface area contributed by atoms with Gasteiger partial charge in [0.05, 0.1) is 23.9 Å². The van der Waals surface area contributed by atoms with Crippen LogP contribution in [-0.2, 0) is 16.1 Å². The van der Waals surface area contributed by atoms with Crippen LogP contribution in [0.15, 0.2) is 48.8 Å². The van der Waals surface area contributed by atoms with E-state index >= 15 is 0 Å². The first-order valence-electron chi connectivity index (χ1n) is 10.6. The summed E-state index contributed by atoms with van der Waals surface area (Å²) in [6.45, 7) is 2.63. The van der Waals surface area contributed by atoms with Crippen molar-refractivity contribution in [2.24, 2.45) is 0 Å². The number of pyridine rings is 1. The Morgan fingerprint density at radius 1 is 1.09 bits per heavy atom. The summed E-state index contributed by atoms with van der Waals surface area (Å²) >= 11 is 0. The molecule has 2 aliphatic heterocycles. The van der Waals surface area contributed by atoms with Crippen molar-refractivity contribution in [3.63, 3.8) is 0 Å². The minimum absolute atomic E-state index is 0.0785. The van der Waals surface area contributed by atoms with E-state index in [-0.39, 0.29) is 29.9 Å². The van der Waals surface area contributed by atoms with Crippen LogP contribution < -0.4 is 5.32 Å². The van der Waals surface area contributed by atoms with E-state index in [1.165, 1.54) is 0 Å². The fraction of sp³-hybridized carbons (Fsp3) is 0.261. The first-order chi connectivity index (χ1) is 15.9. The molecule has 10 heteroatoms. The normalized spacial score (nSPS) is 18.9. The molecule has 166 valence electrons. The van der Waals surface area contributed by atoms with Crippen molar-refractivity contribution in [1.29, 1.82) is 0 Å². The average Bonchev–Trinajstić information content (AvgIpc) is 3.37. The zero-order valence-electron chi connectivity index (χ0n) is 17.8. The van der Waals surface area contributed by atoms with Gasteiger partial charge in [-0.15, -0.1) is 5.10 Å². The molecule has 1 aromatic carbocycles. The highest BCUT2D eigenvalue weighted by Gasteiger charge is 2.44. The molecular weight excluding hydrogens is 424 g/mol. The topological polar surface area (TPSA) is 127 Å². The maximum absolute atomic E-state index is 13.0. The van der Waals surface area contributed by atoms with Crippen molar-refractivity contribution in [2.75, 3.05) is 0 Å². The minimum Gasteiger partial charge on any atom is -0.295 e. The van der Waals surface area contributed by atoms with Crippen LogP contribution in [0.4, 0.5) is 0 Å². The highest BCUT2D eigenvalue weighted by atomic mass is 16.2. The van der Waals surface area contributed by atoms with Crippen molar-refractivity contribution < 1.29 is 19.2 Å². The van der Waals surface area contributed by atoms with Crippen LogP contribution in [0.3, 0.4) is 0 Å². The summed E-state index contributed by atoms with van der Waals surface area (Å²) in [6.07, 6.45) is 3.72. The molecule has 0 aliphatic carbocycles. The van der Waals surface area contributed by atoms with Gasteiger partial charge in [0.2, 0.25) is 11.8 Å². The Hall–Kier alpha value is -4.21. The zero-order valence-corrected chi connectivity index (χ0v) is 17.8. The average molecular weight is 444 g/mol. The van der Waals surface area contributed by atoms with E-state index in [9.17, 15) is 19.2 Å². The van der Waals surface area contributed by atoms with E-state index in [2.05, 4.69) is 20.6 Å². The fourth-order valence-corrected chi connectivity index (χ4v) is 4.19. The second-order valence-corrected chi connectivity index (χ2v) is 8.19. The van der Waals surface area contributed by atoms with Gasteiger partial charge in [-0.1, -0.05) is 24.3 Å². The van der Waals surface area contributed by atoms with Crippen molar-refractivity contribution in [1.82, 2.24) is 30.2 Å². The molecule has 1 N–H and O–H groups in total. The molecule has 2 aromatic heterocycles. The largest absolute Gasteiger partial charge is 0.295 e. The van der Waals surface area contributed by atoms with Gasteiger partial charge in [-0.05, 0) is 30.7 Å². The summed E-state index contributed by atoms with van der Waals surface area (Å²) in [5, 5.41) is 10.6. The highest BCUT2D eigenvalue weighted by Crippen LogP contribution is 2.30. The van der Waals surface area contributed by atoms with Gasteiger partial charge in [0.25, 0.3) is 11.8 Å². The van der Waals surface area contributed by atoms with Crippen LogP contribution in [0.25, 0.3) is 11.3 Å². The molecule has 1 fully saturated rings. The van der Waals surface area contributed by atoms with Crippen molar-refractivity contribution in [2.45, 2.75) is 38.3 Å². The predicted octanol–water partition coefficient (Wildman–Crippen LogP) is 1.54. The number of benzene rings is 1. The van der Waals surface area contributed by atoms with E-state index in [1.807, 2.05) is 25.1 Å². The Kier molecular flexibility index (Phi) is 5.04. The van der Waals surface area contributed by atoms with E-state index in [0.717, 1.165) is 10.6 Å². The maximum Gasteiger partial charge on any atom is 0.262 e. The van der Waals surface area contributed by atoms with Gasteiger partial charge in [-0.25, -0.2) is 0 Å². The summed E-state index contributed by atoms with van der Waals surface area (Å²) in [4.78, 5) is 54.8. The third kappa shape index (κ3) is 3.69. The fourth-order valence-electron chi connectivity index (χ4n) is 4.19. The molecule has 10 nitrogen and oxygen atoms in total. The maximum atomic E-state index is 13.0. The molecule has 4 amide bonds. The minimum atomic E-state index is -0.993. The number of carbonyl (C=O) groups is 4. The number of amides is 4. The van der Waals surface area contributed by atoms with Gasteiger partial charge < -0.3 is 0 Å².